The standard InChI is InChI=1S/C28H35N7O/c1-19-15-22-17-23(27(36)29-24(22)16-20(19)2)25(26-30-31-32-35(26)28(3,4)5)34-13-11-33(12-14-34)18-21-9-7-6-8-10-21/h6-10,15-17,25H,11-14,18H2,1-5H3,(H,29,36)/t25-/m1/s1. The Morgan fingerprint density at radius 1 is 0.972 bits per heavy atom. The van der Waals surface area contributed by atoms with Gasteiger partial charge in [0.1, 0.15) is 6.04 Å². The van der Waals surface area contributed by atoms with Crippen LogP contribution >= 0.6 is 0 Å². The molecule has 5 rings (SSSR count). The number of fused-ring (bicyclic) bond motifs is 1. The predicted molar refractivity (Wildman–Crippen MR) is 142 cm³/mol. The number of hydrogen-bond acceptors (Lipinski definition) is 6. The molecule has 1 N–H and O–H groups in total. The van der Waals surface area contributed by atoms with Crippen LogP contribution in [0, 0.1) is 13.8 Å². The van der Waals surface area contributed by atoms with Gasteiger partial charge in [-0.05, 0) is 85.3 Å². The van der Waals surface area contributed by atoms with E-state index in [4.69, 9.17) is 0 Å². The van der Waals surface area contributed by atoms with Crippen LogP contribution < -0.4 is 5.56 Å². The molecule has 0 aliphatic carbocycles. The van der Waals surface area contributed by atoms with Gasteiger partial charge < -0.3 is 4.98 Å². The second-order valence-corrected chi connectivity index (χ2v) is 10.9. The molecule has 2 aromatic carbocycles. The van der Waals surface area contributed by atoms with Gasteiger partial charge in [-0.15, -0.1) is 5.10 Å². The predicted octanol–water partition coefficient (Wildman–Crippen LogP) is 3.79. The third-order valence-electron chi connectivity index (χ3n) is 7.18. The maximum Gasteiger partial charge on any atom is 0.253 e. The van der Waals surface area contributed by atoms with Crippen molar-refractivity contribution >= 4 is 10.9 Å². The Kier molecular flexibility index (Phi) is 6.49. The SMILES string of the molecule is Cc1cc2cc([C@H](c3nnnn3C(C)(C)C)N3CCN(Cc4ccccc4)CC3)c(=O)[nH]c2cc1C. The van der Waals surface area contributed by atoms with Crippen molar-refractivity contribution in [1.29, 1.82) is 0 Å². The van der Waals surface area contributed by atoms with Crippen molar-refractivity contribution in [2.24, 2.45) is 0 Å². The first-order valence-corrected chi connectivity index (χ1v) is 12.6. The van der Waals surface area contributed by atoms with E-state index in [1.165, 1.54) is 11.1 Å². The van der Waals surface area contributed by atoms with Gasteiger partial charge in [-0.2, -0.15) is 0 Å². The van der Waals surface area contributed by atoms with Gasteiger partial charge in [-0.1, -0.05) is 30.3 Å². The highest BCUT2D eigenvalue weighted by Gasteiger charge is 2.34. The largest absolute Gasteiger partial charge is 0.322 e. The molecule has 8 heteroatoms. The van der Waals surface area contributed by atoms with Gasteiger partial charge in [0.15, 0.2) is 5.82 Å². The fourth-order valence-electron chi connectivity index (χ4n) is 5.06. The van der Waals surface area contributed by atoms with E-state index in [-0.39, 0.29) is 17.1 Å². The van der Waals surface area contributed by atoms with Crippen LogP contribution in [0.5, 0.6) is 0 Å². The van der Waals surface area contributed by atoms with Crippen molar-refractivity contribution < 1.29 is 0 Å². The van der Waals surface area contributed by atoms with Gasteiger partial charge in [0.25, 0.3) is 5.56 Å². The zero-order valence-electron chi connectivity index (χ0n) is 21.8. The molecule has 36 heavy (non-hydrogen) atoms. The number of pyridine rings is 1. The molecule has 188 valence electrons. The summed E-state index contributed by atoms with van der Waals surface area (Å²) in [5, 5.41) is 13.8. The summed E-state index contributed by atoms with van der Waals surface area (Å²) in [6.45, 7) is 14.8. The summed E-state index contributed by atoms with van der Waals surface area (Å²) in [7, 11) is 0. The molecule has 1 atom stereocenters. The molecular formula is C28H35N7O. The summed E-state index contributed by atoms with van der Waals surface area (Å²) in [4.78, 5) is 21.5. The minimum Gasteiger partial charge on any atom is -0.322 e. The fourth-order valence-corrected chi connectivity index (χ4v) is 5.06. The first-order valence-electron chi connectivity index (χ1n) is 12.6. The number of nitrogens with one attached hydrogen (secondary N) is 1. The molecule has 0 saturated carbocycles. The third kappa shape index (κ3) is 4.83. The Morgan fingerprint density at radius 3 is 2.36 bits per heavy atom. The Labute approximate surface area is 211 Å². The van der Waals surface area contributed by atoms with Crippen LogP contribution in [-0.2, 0) is 12.1 Å². The average Bonchev–Trinajstić information content (AvgIpc) is 3.33. The zero-order chi connectivity index (χ0) is 25.4. The van der Waals surface area contributed by atoms with E-state index < -0.39 is 0 Å². The molecule has 1 fully saturated rings. The Bertz CT molecular complexity index is 1410. The number of rotatable bonds is 5. The highest BCUT2D eigenvalue weighted by atomic mass is 16.1. The van der Waals surface area contributed by atoms with Crippen molar-refractivity contribution in [2.45, 2.75) is 52.7 Å². The molecule has 3 heterocycles. The summed E-state index contributed by atoms with van der Waals surface area (Å²) in [6.07, 6.45) is 0. The van der Waals surface area contributed by atoms with Gasteiger partial charge in [0, 0.05) is 43.8 Å². The maximum absolute atomic E-state index is 13.5. The lowest BCUT2D eigenvalue weighted by molar-refractivity contribution is 0.0975. The number of benzene rings is 2. The molecule has 0 radical (unpaired) electrons. The molecule has 0 unspecified atom stereocenters. The molecule has 1 aliphatic heterocycles. The first-order chi connectivity index (χ1) is 17.2. The number of aromatic amines is 1. The van der Waals surface area contributed by atoms with Crippen LogP contribution in [0.3, 0.4) is 0 Å². The Hall–Kier alpha value is -3.36. The van der Waals surface area contributed by atoms with Crippen molar-refractivity contribution in [1.82, 2.24) is 35.0 Å². The number of tetrazole rings is 1. The van der Waals surface area contributed by atoms with Gasteiger partial charge in [0.2, 0.25) is 0 Å². The summed E-state index contributed by atoms with van der Waals surface area (Å²) in [5.74, 6) is 0.702. The summed E-state index contributed by atoms with van der Waals surface area (Å²) in [5.41, 5.74) is 4.81. The van der Waals surface area contributed by atoms with Crippen molar-refractivity contribution in [3.05, 3.63) is 87.0 Å². The lowest BCUT2D eigenvalue weighted by Crippen LogP contribution is -2.49. The number of aryl methyl sites for hydroxylation is 2. The van der Waals surface area contributed by atoms with E-state index in [1.807, 2.05) is 16.8 Å². The number of hydrogen-bond donors (Lipinski definition) is 1. The zero-order valence-corrected chi connectivity index (χ0v) is 21.8. The van der Waals surface area contributed by atoms with Crippen LogP contribution in [0.1, 0.15) is 54.9 Å². The normalized spacial score (nSPS) is 16.5. The lowest BCUT2D eigenvalue weighted by atomic mass is 9.99. The molecule has 8 nitrogen and oxygen atoms in total. The number of nitrogens with zero attached hydrogens (tertiary/aromatic N) is 6. The number of aromatic nitrogens is 5. The topological polar surface area (TPSA) is 82.9 Å². The third-order valence-corrected chi connectivity index (χ3v) is 7.18. The Balaban J connectivity index is 1.52. The minimum atomic E-state index is -0.340. The van der Waals surface area contributed by atoms with Gasteiger partial charge in [-0.25, -0.2) is 4.68 Å². The second-order valence-electron chi connectivity index (χ2n) is 10.9. The van der Waals surface area contributed by atoms with E-state index >= 15 is 0 Å². The van der Waals surface area contributed by atoms with E-state index in [1.54, 1.807) is 0 Å². The van der Waals surface area contributed by atoms with Gasteiger partial charge in [-0.3, -0.25) is 14.6 Å². The second kappa shape index (κ2) is 9.59. The summed E-state index contributed by atoms with van der Waals surface area (Å²) < 4.78 is 1.86. The van der Waals surface area contributed by atoms with E-state index in [9.17, 15) is 4.79 Å². The molecule has 1 saturated heterocycles. The van der Waals surface area contributed by atoms with Crippen molar-refractivity contribution in [3.8, 4) is 0 Å². The van der Waals surface area contributed by atoms with E-state index in [2.05, 4.69) is 101 Å². The van der Waals surface area contributed by atoms with Gasteiger partial charge in [0.05, 0.1) is 5.54 Å². The monoisotopic (exact) mass is 485 g/mol. The van der Waals surface area contributed by atoms with Crippen LogP contribution in [0.15, 0.2) is 53.3 Å². The summed E-state index contributed by atoms with van der Waals surface area (Å²) in [6, 6.07) is 16.5. The van der Waals surface area contributed by atoms with Crippen LogP contribution in [0.2, 0.25) is 0 Å². The number of piperazine rings is 1. The van der Waals surface area contributed by atoms with Crippen LogP contribution in [0.25, 0.3) is 10.9 Å². The molecule has 0 amide bonds. The molecule has 2 aromatic heterocycles. The Morgan fingerprint density at radius 2 is 1.67 bits per heavy atom. The smallest absolute Gasteiger partial charge is 0.253 e. The van der Waals surface area contributed by atoms with Crippen LogP contribution in [-0.4, -0.2) is 61.2 Å². The maximum atomic E-state index is 13.5. The molecule has 1 aliphatic rings. The molecule has 4 aromatic rings. The summed E-state index contributed by atoms with van der Waals surface area (Å²) >= 11 is 0. The van der Waals surface area contributed by atoms with Crippen molar-refractivity contribution in [3.63, 3.8) is 0 Å². The minimum absolute atomic E-state index is 0.0917. The fraction of sp³-hybridized carbons (Fsp3) is 0.429. The lowest BCUT2D eigenvalue weighted by Gasteiger charge is -2.39. The highest BCUT2D eigenvalue weighted by Crippen LogP contribution is 2.30. The van der Waals surface area contributed by atoms with Gasteiger partial charge >= 0.3 is 0 Å². The highest BCUT2D eigenvalue weighted by molar-refractivity contribution is 5.81. The average molecular weight is 486 g/mol. The van der Waals surface area contributed by atoms with Crippen LogP contribution in [0.4, 0.5) is 0 Å². The molecular weight excluding hydrogens is 450 g/mol. The molecule has 0 spiro atoms. The number of H-pyrrole nitrogens is 1. The van der Waals surface area contributed by atoms with E-state index in [0.29, 0.717) is 11.4 Å². The van der Waals surface area contributed by atoms with E-state index in [0.717, 1.165) is 49.2 Å². The molecule has 0 bridgehead atoms. The quantitative estimate of drug-likeness (QED) is 0.463. The van der Waals surface area contributed by atoms with Crippen molar-refractivity contribution in [2.75, 3.05) is 26.2 Å². The first kappa shape index (κ1) is 24.3.